The molecule has 0 atom stereocenters. The van der Waals surface area contributed by atoms with Gasteiger partial charge in [-0.2, -0.15) is 0 Å². The Bertz CT molecular complexity index is 611. The quantitative estimate of drug-likeness (QED) is 0.600. The molecule has 0 spiro atoms. The van der Waals surface area contributed by atoms with E-state index in [1.807, 2.05) is 18.2 Å². The van der Waals surface area contributed by atoms with Crippen LogP contribution in [0.3, 0.4) is 0 Å². The van der Waals surface area contributed by atoms with Crippen LogP contribution in [-0.4, -0.2) is 12.0 Å². The van der Waals surface area contributed by atoms with Gasteiger partial charge in [0.25, 0.3) is 0 Å². The summed E-state index contributed by atoms with van der Waals surface area (Å²) < 4.78 is 13.4. The number of nitrogens with zero attached hydrogens (tertiary/aromatic N) is 1. The topological polar surface area (TPSA) is 29.4 Å². The fourth-order valence-electron chi connectivity index (χ4n) is 1.55. The summed E-state index contributed by atoms with van der Waals surface area (Å²) in [5.41, 5.74) is 1.26. The molecule has 0 saturated heterocycles. The lowest BCUT2D eigenvalue weighted by atomic mass is 10.1. The fraction of sp³-hybridized carbons (Fsp3) is 0.0667. The van der Waals surface area contributed by atoms with Gasteiger partial charge in [-0.1, -0.05) is 30.3 Å². The van der Waals surface area contributed by atoms with Crippen LogP contribution in [0.2, 0.25) is 0 Å². The van der Waals surface area contributed by atoms with E-state index in [-0.39, 0.29) is 18.0 Å². The van der Waals surface area contributed by atoms with Crippen LogP contribution < -0.4 is 0 Å². The molecular formula is C15H11BrFNO. The molecule has 4 heteroatoms. The molecule has 0 saturated carbocycles. The molecule has 0 aromatic heterocycles. The van der Waals surface area contributed by atoms with Crippen LogP contribution in [0.15, 0.2) is 58.0 Å². The minimum atomic E-state index is -0.328. The predicted molar refractivity (Wildman–Crippen MR) is 77.6 cm³/mol. The Morgan fingerprint density at radius 3 is 2.63 bits per heavy atom. The molecule has 96 valence electrons. The van der Waals surface area contributed by atoms with Gasteiger partial charge in [0.1, 0.15) is 5.82 Å². The molecule has 0 aliphatic rings. The largest absolute Gasteiger partial charge is 0.294 e. The van der Waals surface area contributed by atoms with E-state index >= 15 is 0 Å². The fourth-order valence-corrected chi connectivity index (χ4v) is 2.01. The van der Waals surface area contributed by atoms with Gasteiger partial charge in [-0.15, -0.1) is 0 Å². The first-order valence-corrected chi connectivity index (χ1v) is 6.52. The van der Waals surface area contributed by atoms with Crippen LogP contribution in [-0.2, 0) is 0 Å². The van der Waals surface area contributed by atoms with E-state index in [4.69, 9.17) is 0 Å². The average Bonchev–Trinajstić information content (AvgIpc) is 2.42. The van der Waals surface area contributed by atoms with Gasteiger partial charge in [0, 0.05) is 22.7 Å². The van der Waals surface area contributed by atoms with Crippen LogP contribution in [0.5, 0.6) is 0 Å². The lowest BCUT2D eigenvalue weighted by Gasteiger charge is -1.98. The highest BCUT2D eigenvalue weighted by Crippen LogP contribution is 2.25. The van der Waals surface area contributed by atoms with Crippen LogP contribution >= 0.6 is 15.9 Å². The minimum absolute atomic E-state index is 0.00239. The van der Waals surface area contributed by atoms with Gasteiger partial charge in [-0.3, -0.25) is 9.79 Å². The highest BCUT2D eigenvalue weighted by molar-refractivity contribution is 9.10. The SMILES string of the molecule is O=C(CC=Nc1ccc(F)cc1Br)c1ccccc1. The van der Waals surface area contributed by atoms with Crippen molar-refractivity contribution in [1.29, 1.82) is 0 Å². The number of benzene rings is 2. The highest BCUT2D eigenvalue weighted by atomic mass is 79.9. The van der Waals surface area contributed by atoms with Crippen molar-refractivity contribution in [1.82, 2.24) is 0 Å². The molecule has 0 aliphatic heterocycles. The van der Waals surface area contributed by atoms with Gasteiger partial charge in [-0.25, -0.2) is 4.39 Å². The first-order chi connectivity index (χ1) is 9.16. The first-order valence-electron chi connectivity index (χ1n) is 5.72. The van der Waals surface area contributed by atoms with Gasteiger partial charge >= 0.3 is 0 Å². The van der Waals surface area contributed by atoms with E-state index in [1.54, 1.807) is 18.2 Å². The summed E-state index contributed by atoms with van der Waals surface area (Å²) in [4.78, 5) is 16.0. The molecule has 0 unspecified atom stereocenters. The zero-order valence-electron chi connectivity index (χ0n) is 10.0. The summed E-state index contributed by atoms with van der Waals surface area (Å²) in [6.07, 6.45) is 1.75. The molecule has 0 amide bonds. The second kappa shape index (κ2) is 6.38. The number of carbonyl (C=O) groups is 1. The monoisotopic (exact) mass is 319 g/mol. The van der Waals surface area contributed by atoms with Crippen LogP contribution in [0.1, 0.15) is 16.8 Å². The van der Waals surface area contributed by atoms with Gasteiger partial charge in [0.2, 0.25) is 0 Å². The normalized spacial score (nSPS) is 10.8. The maximum absolute atomic E-state index is 12.9. The highest BCUT2D eigenvalue weighted by Gasteiger charge is 2.03. The minimum Gasteiger partial charge on any atom is -0.294 e. The molecule has 0 radical (unpaired) electrons. The molecule has 2 aromatic rings. The molecular weight excluding hydrogens is 309 g/mol. The third kappa shape index (κ3) is 3.83. The maximum atomic E-state index is 12.9. The van der Waals surface area contributed by atoms with Crippen molar-refractivity contribution >= 4 is 33.6 Å². The van der Waals surface area contributed by atoms with E-state index in [0.717, 1.165) is 0 Å². The molecule has 0 N–H and O–H groups in total. The van der Waals surface area contributed by atoms with Gasteiger partial charge in [-0.05, 0) is 34.1 Å². The number of carbonyl (C=O) groups excluding carboxylic acids is 1. The molecule has 2 rings (SSSR count). The molecule has 0 heterocycles. The zero-order chi connectivity index (χ0) is 13.7. The van der Waals surface area contributed by atoms with Crippen molar-refractivity contribution in [3.8, 4) is 0 Å². The second-order valence-electron chi connectivity index (χ2n) is 3.90. The second-order valence-corrected chi connectivity index (χ2v) is 4.76. The molecule has 2 nitrogen and oxygen atoms in total. The Morgan fingerprint density at radius 2 is 1.95 bits per heavy atom. The van der Waals surface area contributed by atoms with Crippen molar-refractivity contribution in [3.63, 3.8) is 0 Å². The maximum Gasteiger partial charge on any atom is 0.168 e. The molecule has 0 aliphatic carbocycles. The van der Waals surface area contributed by atoms with Crippen molar-refractivity contribution < 1.29 is 9.18 Å². The summed E-state index contributed by atoms with van der Waals surface area (Å²) in [6.45, 7) is 0. The summed E-state index contributed by atoms with van der Waals surface area (Å²) in [7, 11) is 0. The van der Waals surface area contributed by atoms with Gasteiger partial charge in [0.05, 0.1) is 5.69 Å². The van der Waals surface area contributed by atoms with E-state index in [2.05, 4.69) is 20.9 Å². The lowest BCUT2D eigenvalue weighted by Crippen LogP contribution is -1.98. The van der Waals surface area contributed by atoms with Gasteiger partial charge < -0.3 is 0 Å². The number of halogens is 2. The van der Waals surface area contributed by atoms with Crippen LogP contribution in [0, 0.1) is 5.82 Å². The first kappa shape index (κ1) is 13.6. The van der Waals surface area contributed by atoms with E-state index < -0.39 is 0 Å². The summed E-state index contributed by atoms with van der Waals surface area (Å²) >= 11 is 3.22. The number of rotatable bonds is 4. The Labute approximate surface area is 119 Å². The molecule has 0 fully saturated rings. The summed E-state index contributed by atoms with van der Waals surface area (Å²) in [6, 6.07) is 13.3. The van der Waals surface area contributed by atoms with Crippen LogP contribution in [0.25, 0.3) is 0 Å². The number of ketones is 1. The van der Waals surface area contributed by atoms with Gasteiger partial charge in [0.15, 0.2) is 5.78 Å². The average molecular weight is 320 g/mol. The predicted octanol–water partition coefficient (Wildman–Crippen LogP) is 4.56. The Balaban J connectivity index is 2.02. The third-order valence-corrected chi connectivity index (χ3v) is 3.15. The van der Waals surface area contributed by atoms with Crippen molar-refractivity contribution in [3.05, 3.63) is 64.4 Å². The van der Waals surface area contributed by atoms with E-state index in [9.17, 15) is 9.18 Å². The zero-order valence-corrected chi connectivity index (χ0v) is 11.6. The van der Waals surface area contributed by atoms with Crippen molar-refractivity contribution in [2.75, 3.05) is 0 Å². The summed E-state index contributed by atoms with van der Waals surface area (Å²) in [5.74, 6) is -0.325. The third-order valence-electron chi connectivity index (χ3n) is 2.51. The number of hydrogen-bond donors (Lipinski definition) is 0. The van der Waals surface area contributed by atoms with Crippen LogP contribution in [0.4, 0.5) is 10.1 Å². The van der Waals surface area contributed by atoms with E-state index in [0.29, 0.717) is 15.7 Å². The van der Waals surface area contributed by atoms with Crippen molar-refractivity contribution in [2.45, 2.75) is 6.42 Å². The standard InChI is InChI=1S/C15H11BrFNO/c16-13-10-12(17)6-7-14(13)18-9-8-15(19)11-4-2-1-3-5-11/h1-7,9-10H,8H2. The number of Topliss-reactive ketones (excluding diaryl/α,β-unsaturated/α-hetero) is 1. The Hall–Kier alpha value is -1.81. The Morgan fingerprint density at radius 1 is 1.21 bits per heavy atom. The number of aliphatic imine (C=N–C) groups is 1. The van der Waals surface area contributed by atoms with Crippen molar-refractivity contribution in [2.24, 2.45) is 4.99 Å². The Kier molecular flexibility index (Phi) is 4.58. The van der Waals surface area contributed by atoms with E-state index in [1.165, 1.54) is 18.3 Å². The molecule has 0 bridgehead atoms. The lowest BCUT2D eigenvalue weighted by molar-refractivity contribution is 0.100. The smallest absolute Gasteiger partial charge is 0.168 e. The number of hydrogen-bond acceptors (Lipinski definition) is 2. The molecule has 2 aromatic carbocycles. The summed E-state index contributed by atoms with van der Waals surface area (Å²) in [5, 5.41) is 0. The molecule has 19 heavy (non-hydrogen) atoms.